The lowest BCUT2D eigenvalue weighted by molar-refractivity contribution is -0.131. The van der Waals surface area contributed by atoms with Gasteiger partial charge in [0.15, 0.2) is 11.6 Å². The summed E-state index contributed by atoms with van der Waals surface area (Å²) < 4.78 is 30.7. The van der Waals surface area contributed by atoms with E-state index in [0.29, 0.717) is 6.42 Å². The maximum atomic E-state index is 13.1. The average molecular weight is 245 g/mol. The Balaban J connectivity index is 2.20. The molecule has 0 aliphatic rings. The zero-order valence-corrected chi connectivity index (χ0v) is 9.33. The molecule has 0 saturated heterocycles. The average Bonchev–Trinajstić information content (AvgIpc) is 2.25. The number of ether oxygens (including phenoxy) is 1. The van der Waals surface area contributed by atoms with E-state index in [1.165, 1.54) is 13.0 Å². The third-order valence-corrected chi connectivity index (χ3v) is 1.76. The van der Waals surface area contributed by atoms with Crippen molar-refractivity contribution >= 4 is 5.91 Å². The summed E-state index contributed by atoms with van der Waals surface area (Å²) in [5.41, 5.74) is 2.14. The molecule has 0 fully saturated rings. The van der Waals surface area contributed by atoms with Crippen molar-refractivity contribution in [1.29, 1.82) is 0 Å². The van der Waals surface area contributed by atoms with Crippen LogP contribution >= 0.6 is 0 Å². The predicted octanol–water partition coefficient (Wildman–Crippen LogP) is 1.80. The minimum absolute atomic E-state index is 0.00840. The van der Waals surface area contributed by atoms with Crippen molar-refractivity contribution in [3.63, 3.8) is 0 Å². The number of benzene rings is 1. The van der Waals surface area contributed by atoms with E-state index in [9.17, 15) is 13.6 Å². The summed E-state index contributed by atoms with van der Waals surface area (Å²) in [6.45, 7) is 1.79. The first-order valence-electron chi connectivity index (χ1n) is 5.06. The minimum atomic E-state index is -0.743. The van der Waals surface area contributed by atoms with E-state index >= 15 is 0 Å². The van der Waals surface area contributed by atoms with Gasteiger partial charge < -0.3 is 4.74 Å². The molecule has 0 bridgehead atoms. The Hall–Kier alpha value is -1.69. The van der Waals surface area contributed by atoms with E-state index in [1.54, 1.807) is 0 Å². The molecular formula is C11H13F2NO3. The third kappa shape index (κ3) is 5.26. The lowest BCUT2D eigenvalue weighted by atomic mass is 10.3. The van der Waals surface area contributed by atoms with E-state index in [0.717, 1.165) is 12.1 Å². The van der Waals surface area contributed by atoms with Crippen LogP contribution in [0.5, 0.6) is 5.75 Å². The second-order valence-electron chi connectivity index (χ2n) is 3.28. The highest BCUT2D eigenvalue weighted by Crippen LogP contribution is 2.17. The molecular weight excluding hydrogens is 232 g/mol. The predicted molar refractivity (Wildman–Crippen MR) is 56.2 cm³/mol. The molecule has 4 nitrogen and oxygen atoms in total. The van der Waals surface area contributed by atoms with Crippen LogP contribution in [0.25, 0.3) is 0 Å². The quantitative estimate of drug-likeness (QED) is 0.614. The number of carbonyl (C=O) groups excluding carboxylic acids is 1. The molecule has 0 aliphatic carbocycles. The van der Waals surface area contributed by atoms with Crippen LogP contribution in [0.4, 0.5) is 8.78 Å². The van der Waals surface area contributed by atoms with Crippen LogP contribution in [0, 0.1) is 11.6 Å². The second kappa shape index (κ2) is 6.80. The normalized spacial score (nSPS) is 10.1. The molecule has 0 spiro atoms. The van der Waals surface area contributed by atoms with Crippen LogP contribution < -0.4 is 10.2 Å². The largest absolute Gasteiger partial charge is 0.490 e. The zero-order chi connectivity index (χ0) is 12.7. The van der Waals surface area contributed by atoms with Gasteiger partial charge in [-0.25, -0.2) is 14.3 Å². The number of nitrogens with one attached hydrogen (secondary N) is 1. The van der Waals surface area contributed by atoms with Gasteiger partial charge in [-0.1, -0.05) is 0 Å². The molecule has 6 heteroatoms. The molecule has 0 aromatic heterocycles. The monoisotopic (exact) mass is 245 g/mol. The highest BCUT2D eigenvalue weighted by molar-refractivity contribution is 5.71. The number of amides is 1. The van der Waals surface area contributed by atoms with Crippen LogP contribution in [0.3, 0.4) is 0 Å². The molecule has 94 valence electrons. The van der Waals surface area contributed by atoms with Crippen molar-refractivity contribution in [3.05, 3.63) is 29.8 Å². The molecule has 1 rings (SSSR count). The number of hydroxylamine groups is 1. The maximum Gasteiger partial charge on any atom is 0.240 e. The molecule has 0 saturated carbocycles. The first kappa shape index (κ1) is 13.4. The van der Waals surface area contributed by atoms with E-state index in [1.807, 2.05) is 0 Å². The van der Waals surface area contributed by atoms with Crippen molar-refractivity contribution in [1.82, 2.24) is 5.48 Å². The molecule has 1 N–H and O–H groups in total. The first-order chi connectivity index (χ1) is 8.09. The van der Waals surface area contributed by atoms with Crippen LogP contribution in [-0.2, 0) is 9.63 Å². The van der Waals surface area contributed by atoms with Gasteiger partial charge in [0.05, 0.1) is 13.2 Å². The molecule has 0 aliphatic heterocycles. The second-order valence-corrected chi connectivity index (χ2v) is 3.28. The summed E-state index contributed by atoms with van der Waals surface area (Å²) in [6, 6.07) is 3.09. The maximum absolute atomic E-state index is 13.1. The number of carbonyl (C=O) groups is 1. The van der Waals surface area contributed by atoms with Crippen molar-refractivity contribution in [3.8, 4) is 5.75 Å². The molecule has 1 aromatic carbocycles. The van der Waals surface area contributed by atoms with Gasteiger partial charge in [0.25, 0.3) is 0 Å². The lowest BCUT2D eigenvalue weighted by Crippen LogP contribution is -2.21. The fraction of sp³-hybridized carbons (Fsp3) is 0.364. The number of hydrogen-bond donors (Lipinski definition) is 1. The molecule has 1 aromatic rings. The Morgan fingerprint density at radius 1 is 1.35 bits per heavy atom. The van der Waals surface area contributed by atoms with Crippen LogP contribution in [0.2, 0.25) is 0 Å². The van der Waals surface area contributed by atoms with Gasteiger partial charge in [-0.15, -0.1) is 0 Å². The highest BCUT2D eigenvalue weighted by Gasteiger charge is 2.04. The third-order valence-electron chi connectivity index (χ3n) is 1.76. The van der Waals surface area contributed by atoms with Gasteiger partial charge >= 0.3 is 0 Å². The summed E-state index contributed by atoms with van der Waals surface area (Å²) in [7, 11) is 0. The molecule has 0 atom stereocenters. The number of hydrogen-bond acceptors (Lipinski definition) is 3. The summed E-state index contributed by atoms with van der Waals surface area (Å²) in [6.07, 6.45) is 0.469. The molecule has 0 heterocycles. The smallest absolute Gasteiger partial charge is 0.240 e. The van der Waals surface area contributed by atoms with E-state index in [4.69, 9.17) is 9.57 Å². The first-order valence-corrected chi connectivity index (χ1v) is 5.06. The SMILES string of the molecule is CC(=O)NOCCCOc1ccc(F)cc1F. The Labute approximate surface area is 97.5 Å². The van der Waals surface area contributed by atoms with E-state index < -0.39 is 11.6 Å². The summed E-state index contributed by atoms with van der Waals surface area (Å²) >= 11 is 0. The lowest BCUT2D eigenvalue weighted by Gasteiger charge is -2.07. The van der Waals surface area contributed by atoms with Crippen LogP contribution in [0.15, 0.2) is 18.2 Å². The van der Waals surface area contributed by atoms with E-state index in [-0.39, 0.29) is 24.9 Å². The van der Waals surface area contributed by atoms with E-state index in [2.05, 4.69) is 5.48 Å². The fourth-order valence-corrected chi connectivity index (χ4v) is 1.06. The number of rotatable bonds is 6. The van der Waals surface area contributed by atoms with Crippen molar-refractivity contribution in [2.45, 2.75) is 13.3 Å². The Morgan fingerprint density at radius 2 is 2.12 bits per heavy atom. The highest BCUT2D eigenvalue weighted by atomic mass is 19.1. The minimum Gasteiger partial charge on any atom is -0.490 e. The number of halogens is 2. The van der Waals surface area contributed by atoms with Crippen LogP contribution in [-0.4, -0.2) is 19.1 Å². The zero-order valence-electron chi connectivity index (χ0n) is 9.33. The Bertz CT molecular complexity index is 385. The van der Waals surface area contributed by atoms with Gasteiger partial charge in [-0.3, -0.25) is 9.63 Å². The van der Waals surface area contributed by atoms with Gasteiger partial charge in [-0.05, 0) is 12.1 Å². The van der Waals surface area contributed by atoms with Gasteiger partial charge in [0.1, 0.15) is 5.82 Å². The Kier molecular flexibility index (Phi) is 5.35. The van der Waals surface area contributed by atoms with Gasteiger partial charge in [0, 0.05) is 19.4 Å². The van der Waals surface area contributed by atoms with Crippen molar-refractivity contribution in [2.24, 2.45) is 0 Å². The fourth-order valence-electron chi connectivity index (χ4n) is 1.06. The summed E-state index contributed by atoms with van der Waals surface area (Å²) in [5, 5.41) is 0. The molecule has 0 unspecified atom stereocenters. The summed E-state index contributed by atoms with van der Waals surface area (Å²) in [5.74, 6) is -1.70. The molecule has 17 heavy (non-hydrogen) atoms. The molecule has 0 radical (unpaired) electrons. The van der Waals surface area contributed by atoms with Crippen LogP contribution in [0.1, 0.15) is 13.3 Å². The van der Waals surface area contributed by atoms with Crippen molar-refractivity contribution < 1.29 is 23.1 Å². The topological polar surface area (TPSA) is 47.6 Å². The van der Waals surface area contributed by atoms with Gasteiger partial charge in [-0.2, -0.15) is 0 Å². The van der Waals surface area contributed by atoms with Crippen molar-refractivity contribution in [2.75, 3.05) is 13.2 Å². The van der Waals surface area contributed by atoms with Gasteiger partial charge in [0.2, 0.25) is 5.91 Å². The summed E-state index contributed by atoms with van der Waals surface area (Å²) in [4.78, 5) is 15.2. The Morgan fingerprint density at radius 3 is 2.76 bits per heavy atom. The standard InChI is InChI=1S/C11H13F2NO3/c1-8(15)14-17-6-2-5-16-11-4-3-9(12)7-10(11)13/h3-4,7H,2,5-6H2,1H3,(H,14,15). The molecule has 1 amide bonds.